The molecule has 0 aliphatic carbocycles. The molecule has 1 rings (SSSR count). The van der Waals surface area contributed by atoms with Crippen molar-refractivity contribution in [3.8, 4) is 6.07 Å². The van der Waals surface area contributed by atoms with Crippen molar-refractivity contribution in [3.05, 3.63) is 17.5 Å². The van der Waals surface area contributed by atoms with Crippen LogP contribution in [0.25, 0.3) is 0 Å². The predicted octanol–water partition coefficient (Wildman–Crippen LogP) is 2.55. The highest BCUT2D eigenvalue weighted by Crippen LogP contribution is 2.15. The molecule has 0 bridgehead atoms. The maximum atomic E-state index is 8.71. The third-order valence-corrected chi connectivity index (χ3v) is 2.61. The van der Waals surface area contributed by atoms with Crippen LogP contribution in [0.4, 0.5) is 0 Å². The lowest BCUT2D eigenvalue weighted by Crippen LogP contribution is -1.94. The summed E-state index contributed by atoms with van der Waals surface area (Å²) in [6, 6.07) is 3.73. The number of nitriles is 1. The minimum Gasteiger partial charge on any atom is -0.228 e. The fraction of sp³-hybridized carbons (Fsp3) is 0.500. The number of aryl methyl sites for hydroxylation is 1. The van der Waals surface area contributed by atoms with Crippen molar-refractivity contribution < 1.29 is 0 Å². The summed E-state index contributed by atoms with van der Waals surface area (Å²) >= 11 is 1.62. The van der Waals surface area contributed by atoms with Gasteiger partial charge < -0.3 is 0 Å². The first kappa shape index (κ1) is 11.0. The fourth-order valence-electron chi connectivity index (χ4n) is 0.971. The molecule has 0 N–H and O–H groups in total. The number of unbranched alkanes of at least 4 members (excludes halogenated alkanes) is 1. The molecule has 74 valence electrons. The van der Waals surface area contributed by atoms with Crippen LogP contribution in [0.5, 0.6) is 0 Å². The van der Waals surface area contributed by atoms with Crippen LogP contribution in [-0.2, 0) is 0 Å². The van der Waals surface area contributed by atoms with Crippen LogP contribution in [0.2, 0.25) is 0 Å². The van der Waals surface area contributed by atoms with Crippen molar-refractivity contribution in [1.82, 2.24) is 9.97 Å². The molecule has 0 saturated heterocycles. The monoisotopic (exact) mass is 207 g/mol. The summed E-state index contributed by atoms with van der Waals surface area (Å²) in [6.07, 6.45) is 2.33. The average molecular weight is 207 g/mol. The normalized spacial score (nSPS) is 9.79. The van der Waals surface area contributed by atoms with E-state index in [0.29, 0.717) is 5.69 Å². The molecule has 14 heavy (non-hydrogen) atoms. The maximum absolute atomic E-state index is 8.71. The molecule has 0 fully saturated rings. The Morgan fingerprint density at radius 1 is 1.50 bits per heavy atom. The molecule has 0 atom stereocenters. The Bertz CT molecular complexity index is 344. The van der Waals surface area contributed by atoms with Crippen LogP contribution in [0.15, 0.2) is 11.2 Å². The highest BCUT2D eigenvalue weighted by atomic mass is 32.2. The van der Waals surface area contributed by atoms with E-state index >= 15 is 0 Å². The van der Waals surface area contributed by atoms with E-state index in [0.717, 1.165) is 23.0 Å². The lowest BCUT2D eigenvalue weighted by Gasteiger charge is -2.00. The van der Waals surface area contributed by atoms with Crippen LogP contribution in [0.1, 0.15) is 31.2 Å². The summed E-state index contributed by atoms with van der Waals surface area (Å²) in [5.41, 5.74) is 1.31. The molecule has 3 nitrogen and oxygen atoms in total. The van der Waals surface area contributed by atoms with Crippen LogP contribution in [0.3, 0.4) is 0 Å². The van der Waals surface area contributed by atoms with E-state index in [1.165, 1.54) is 6.42 Å². The summed E-state index contributed by atoms with van der Waals surface area (Å²) in [7, 11) is 0. The van der Waals surface area contributed by atoms with Gasteiger partial charge in [0.1, 0.15) is 11.8 Å². The van der Waals surface area contributed by atoms with E-state index in [2.05, 4.69) is 16.9 Å². The Hall–Kier alpha value is -1.08. The molecule has 0 radical (unpaired) electrons. The minimum atomic E-state index is 0.455. The molecular weight excluding hydrogens is 194 g/mol. The van der Waals surface area contributed by atoms with Crippen LogP contribution in [-0.4, -0.2) is 15.7 Å². The van der Waals surface area contributed by atoms with E-state index in [4.69, 9.17) is 5.26 Å². The van der Waals surface area contributed by atoms with E-state index in [-0.39, 0.29) is 0 Å². The summed E-state index contributed by atoms with van der Waals surface area (Å²) in [5.74, 6) is 1.02. The maximum Gasteiger partial charge on any atom is 0.189 e. The fourth-order valence-corrected chi connectivity index (χ4v) is 1.96. The number of rotatable bonds is 4. The van der Waals surface area contributed by atoms with E-state index in [9.17, 15) is 0 Å². The smallest absolute Gasteiger partial charge is 0.189 e. The molecule has 1 heterocycles. The lowest BCUT2D eigenvalue weighted by atomic mass is 10.4. The van der Waals surface area contributed by atoms with Gasteiger partial charge in [0.25, 0.3) is 0 Å². The van der Waals surface area contributed by atoms with Crippen molar-refractivity contribution in [1.29, 1.82) is 5.26 Å². The molecule has 0 unspecified atom stereocenters. The van der Waals surface area contributed by atoms with Gasteiger partial charge in [0.15, 0.2) is 5.16 Å². The largest absolute Gasteiger partial charge is 0.228 e. The summed E-state index contributed by atoms with van der Waals surface area (Å²) < 4.78 is 0. The number of hydrogen-bond donors (Lipinski definition) is 0. The van der Waals surface area contributed by atoms with Gasteiger partial charge in [-0.3, -0.25) is 0 Å². The Morgan fingerprint density at radius 3 is 2.93 bits per heavy atom. The summed E-state index contributed by atoms with van der Waals surface area (Å²) in [4.78, 5) is 8.37. The van der Waals surface area contributed by atoms with E-state index < -0.39 is 0 Å². The first-order valence-electron chi connectivity index (χ1n) is 4.65. The Kier molecular flexibility index (Phi) is 4.41. The van der Waals surface area contributed by atoms with Gasteiger partial charge in [0.05, 0.1) is 0 Å². The van der Waals surface area contributed by atoms with Crippen molar-refractivity contribution in [2.75, 3.05) is 5.75 Å². The van der Waals surface area contributed by atoms with Gasteiger partial charge in [-0.2, -0.15) is 5.26 Å². The number of hydrogen-bond acceptors (Lipinski definition) is 4. The second-order valence-corrected chi connectivity index (χ2v) is 4.05. The first-order valence-corrected chi connectivity index (χ1v) is 5.63. The highest BCUT2D eigenvalue weighted by Gasteiger charge is 2.01. The molecule has 0 spiro atoms. The Morgan fingerprint density at radius 2 is 2.29 bits per heavy atom. The van der Waals surface area contributed by atoms with Gasteiger partial charge >= 0.3 is 0 Å². The second kappa shape index (κ2) is 5.61. The van der Waals surface area contributed by atoms with Crippen LogP contribution >= 0.6 is 11.8 Å². The SMILES string of the molecule is CCCCSc1nc(C)cc(C#N)n1. The van der Waals surface area contributed by atoms with E-state index in [1.807, 2.05) is 13.0 Å². The van der Waals surface area contributed by atoms with Crippen molar-refractivity contribution in [2.45, 2.75) is 31.8 Å². The van der Waals surface area contributed by atoms with Gasteiger partial charge in [0.2, 0.25) is 0 Å². The van der Waals surface area contributed by atoms with Crippen molar-refractivity contribution >= 4 is 11.8 Å². The quantitative estimate of drug-likeness (QED) is 0.432. The number of thioether (sulfide) groups is 1. The lowest BCUT2D eigenvalue weighted by molar-refractivity contribution is 0.881. The number of nitrogens with zero attached hydrogens (tertiary/aromatic N) is 3. The van der Waals surface area contributed by atoms with Gasteiger partial charge in [-0.15, -0.1) is 0 Å². The zero-order valence-corrected chi connectivity index (χ0v) is 9.27. The molecule has 0 saturated carbocycles. The Labute approximate surface area is 88.6 Å². The van der Waals surface area contributed by atoms with E-state index in [1.54, 1.807) is 17.8 Å². The van der Waals surface area contributed by atoms with Gasteiger partial charge in [0, 0.05) is 11.4 Å². The van der Waals surface area contributed by atoms with Crippen molar-refractivity contribution in [3.63, 3.8) is 0 Å². The minimum absolute atomic E-state index is 0.455. The summed E-state index contributed by atoms with van der Waals surface area (Å²) in [6.45, 7) is 4.03. The predicted molar refractivity (Wildman–Crippen MR) is 57.1 cm³/mol. The third kappa shape index (κ3) is 3.35. The van der Waals surface area contributed by atoms with Crippen LogP contribution in [0, 0.1) is 18.3 Å². The van der Waals surface area contributed by atoms with Gasteiger partial charge in [-0.25, -0.2) is 9.97 Å². The zero-order chi connectivity index (χ0) is 10.4. The molecule has 1 aromatic rings. The zero-order valence-electron chi connectivity index (χ0n) is 8.45. The summed E-state index contributed by atoms with van der Waals surface area (Å²) in [5, 5.41) is 9.43. The topological polar surface area (TPSA) is 49.6 Å². The van der Waals surface area contributed by atoms with Gasteiger partial charge in [-0.05, 0) is 19.4 Å². The van der Waals surface area contributed by atoms with Crippen LogP contribution < -0.4 is 0 Å². The first-order chi connectivity index (χ1) is 6.76. The third-order valence-electron chi connectivity index (χ3n) is 1.68. The molecule has 0 aromatic carbocycles. The standard InChI is InChI=1S/C10H13N3S/c1-3-4-5-14-10-12-8(2)6-9(7-11)13-10/h6H,3-5H2,1-2H3. The molecule has 4 heteroatoms. The van der Waals surface area contributed by atoms with Gasteiger partial charge in [-0.1, -0.05) is 25.1 Å². The molecule has 0 aliphatic heterocycles. The number of aromatic nitrogens is 2. The highest BCUT2D eigenvalue weighted by molar-refractivity contribution is 7.99. The average Bonchev–Trinajstić information content (AvgIpc) is 2.17. The molecule has 1 aromatic heterocycles. The molecule has 0 amide bonds. The Balaban J connectivity index is 2.68. The molecule has 0 aliphatic rings. The van der Waals surface area contributed by atoms with Crippen molar-refractivity contribution in [2.24, 2.45) is 0 Å². The second-order valence-electron chi connectivity index (χ2n) is 2.99. The molecular formula is C10H13N3S.